The average Bonchev–Trinajstić information content (AvgIpc) is 2.81. The maximum Gasteiger partial charge on any atom is 0.0517 e. The van der Waals surface area contributed by atoms with Crippen molar-refractivity contribution in [1.82, 2.24) is 10.3 Å². The summed E-state index contributed by atoms with van der Waals surface area (Å²) in [6.07, 6.45) is 4.01. The SMILES string of the molecule is Cc1ccc2[nH]c3c(c2c1)CC(NCC(C)(C)CC(C)O)CC3. The van der Waals surface area contributed by atoms with Crippen molar-refractivity contribution in [2.45, 2.75) is 65.5 Å². The predicted octanol–water partition coefficient (Wildman–Crippen LogP) is 3.72. The summed E-state index contributed by atoms with van der Waals surface area (Å²) in [4.78, 5) is 3.60. The topological polar surface area (TPSA) is 48.0 Å². The van der Waals surface area contributed by atoms with Crippen LogP contribution in [-0.2, 0) is 12.8 Å². The van der Waals surface area contributed by atoms with E-state index in [1.165, 1.54) is 34.1 Å². The first-order valence-corrected chi connectivity index (χ1v) is 8.85. The van der Waals surface area contributed by atoms with Gasteiger partial charge in [-0.2, -0.15) is 0 Å². The maximum absolute atomic E-state index is 9.64. The number of nitrogens with one attached hydrogen (secondary N) is 2. The van der Waals surface area contributed by atoms with Crippen LogP contribution in [0.1, 0.15) is 50.4 Å². The van der Waals surface area contributed by atoms with Crippen molar-refractivity contribution in [3.63, 3.8) is 0 Å². The lowest BCUT2D eigenvalue weighted by Gasteiger charge is -2.31. The number of fused-ring (bicyclic) bond motifs is 3. The standard InChI is InChI=1S/C20H30N2O/c1-13-5-7-18-16(9-13)17-10-15(6-8-19(17)22-18)21-12-20(3,4)11-14(2)23/h5,7,9,14-15,21-23H,6,8,10-12H2,1-4H3. The van der Waals surface area contributed by atoms with E-state index >= 15 is 0 Å². The third kappa shape index (κ3) is 3.78. The second kappa shape index (κ2) is 6.29. The van der Waals surface area contributed by atoms with E-state index in [-0.39, 0.29) is 11.5 Å². The Labute approximate surface area is 139 Å². The molecule has 1 aliphatic rings. The first kappa shape index (κ1) is 16.5. The van der Waals surface area contributed by atoms with Crippen LogP contribution >= 0.6 is 0 Å². The molecular weight excluding hydrogens is 284 g/mol. The molecule has 0 saturated carbocycles. The smallest absolute Gasteiger partial charge is 0.0517 e. The first-order chi connectivity index (χ1) is 10.8. The molecule has 3 heteroatoms. The normalized spacial score (nSPS) is 19.8. The Hall–Kier alpha value is -1.32. The molecule has 1 heterocycles. The Morgan fingerprint density at radius 1 is 1.39 bits per heavy atom. The minimum atomic E-state index is -0.235. The lowest BCUT2D eigenvalue weighted by atomic mass is 9.85. The number of aliphatic hydroxyl groups is 1. The fourth-order valence-corrected chi connectivity index (χ4v) is 4.00. The number of hydrogen-bond acceptors (Lipinski definition) is 2. The van der Waals surface area contributed by atoms with Crippen molar-refractivity contribution in [2.24, 2.45) is 5.41 Å². The second-order valence-electron chi connectivity index (χ2n) is 8.17. The Balaban J connectivity index is 1.70. The maximum atomic E-state index is 9.64. The number of benzene rings is 1. The molecule has 1 aromatic carbocycles. The third-order valence-electron chi connectivity index (χ3n) is 5.06. The van der Waals surface area contributed by atoms with Crippen LogP contribution in [0.4, 0.5) is 0 Å². The number of hydrogen-bond donors (Lipinski definition) is 3. The van der Waals surface area contributed by atoms with Gasteiger partial charge in [0.15, 0.2) is 0 Å². The zero-order valence-electron chi connectivity index (χ0n) is 14.9. The molecule has 0 radical (unpaired) electrons. The van der Waals surface area contributed by atoms with E-state index in [4.69, 9.17) is 0 Å². The van der Waals surface area contributed by atoms with E-state index in [0.717, 1.165) is 25.8 Å². The number of aromatic nitrogens is 1. The minimum absolute atomic E-state index is 0.130. The third-order valence-corrected chi connectivity index (χ3v) is 5.06. The van der Waals surface area contributed by atoms with Gasteiger partial charge >= 0.3 is 0 Å². The lowest BCUT2D eigenvalue weighted by Crippen LogP contribution is -2.41. The van der Waals surface area contributed by atoms with Crippen molar-refractivity contribution in [3.8, 4) is 0 Å². The summed E-state index contributed by atoms with van der Waals surface area (Å²) in [5, 5.41) is 14.8. The molecule has 0 amide bonds. The molecule has 2 aromatic rings. The van der Waals surface area contributed by atoms with Gasteiger partial charge in [-0.05, 0) is 62.6 Å². The van der Waals surface area contributed by atoms with Crippen LogP contribution in [0.3, 0.4) is 0 Å². The van der Waals surface area contributed by atoms with E-state index in [1.807, 2.05) is 6.92 Å². The van der Waals surface area contributed by atoms with Crippen LogP contribution in [0.15, 0.2) is 18.2 Å². The highest BCUT2D eigenvalue weighted by atomic mass is 16.3. The van der Waals surface area contributed by atoms with Crippen molar-refractivity contribution in [3.05, 3.63) is 35.0 Å². The Morgan fingerprint density at radius 3 is 2.91 bits per heavy atom. The number of aryl methyl sites for hydroxylation is 2. The van der Waals surface area contributed by atoms with Crippen LogP contribution in [0.5, 0.6) is 0 Å². The van der Waals surface area contributed by atoms with Crippen LogP contribution in [-0.4, -0.2) is 28.8 Å². The Morgan fingerprint density at radius 2 is 2.17 bits per heavy atom. The monoisotopic (exact) mass is 314 g/mol. The van der Waals surface area contributed by atoms with Crippen LogP contribution in [0, 0.1) is 12.3 Å². The zero-order valence-corrected chi connectivity index (χ0v) is 14.9. The summed E-state index contributed by atoms with van der Waals surface area (Å²) in [6, 6.07) is 7.23. The van der Waals surface area contributed by atoms with Crippen LogP contribution < -0.4 is 5.32 Å². The van der Waals surface area contributed by atoms with E-state index in [2.05, 4.69) is 49.3 Å². The molecular formula is C20H30N2O. The summed E-state index contributed by atoms with van der Waals surface area (Å²) < 4.78 is 0. The predicted molar refractivity (Wildman–Crippen MR) is 96.9 cm³/mol. The number of aromatic amines is 1. The lowest BCUT2D eigenvalue weighted by molar-refractivity contribution is 0.126. The molecule has 1 aromatic heterocycles. The molecule has 126 valence electrons. The fraction of sp³-hybridized carbons (Fsp3) is 0.600. The molecule has 0 aliphatic heterocycles. The quantitative estimate of drug-likeness (QED) is 0.788. The van der Waals surface area contributed by atoms with E-state index in [1.54, 1.807) is 0 Å². The average molecular weight is 314 g/mol. The Kier molecular flexibility index (Phi) is 4.52. The van der Waals surface area contributed by atoms with E-state index in [0.29, 0.717) is 6.04 Å². The largest absolute Gasteiger partial charge is 0.393 e. The van der Waals surface area contributed by atoms with Crippen molar-refractivity contribution < 1.29 is 5.11 Å². The highest BCUT2D eigenvalue weighted by molar-refractivity contribution is 5.85. The molecule has 2 unspecified atom stereocenters. The van der Waals surface area contributed by atoms with E-state index in [9.17, 15) is 5.11 Å². The molecule has 3 nitrogen and oxygen atoms in total. The summed E-state index contributed by atoms with van der Waals surface area (Å²) in [6.45, 7) is 9.46. The van der Waals surface area contributed by atoms with Gasteiger partial charge in [-0.1, -0.05) is 25.5 Å². The van der Waals surface area contributed by atoms with Crippen LogP contribution in [0.2, 0.25) is 0 Å². The van der Waals surface area contributed by atoms with Gasteiger partial charge in [0, 0.05) is 29.2 Å². The fourth-order valence-electron chi connectivity index (χ4n) is 4.00. The minimum Gasteiger partial charge on any atom is -0.393 e. The molecule has 0 spiro atoms. The summed E-state index contributed by atoms with van der Waals surface area (Å²) in [7, 11) is 0. The highest BCUT2D eigenvalue weighted by Gasteiger charge is 2.25. The first-order valence-electron chi connectivity index (χ1n) is 8.85. The molecule has 0 bridgehead atoms. The van der Waals surface area contributed by atoms with Gasteiger partial charge < -0.3 is 15.4 Å². The van der Waals surface area contributed by atoms with E-state index < -0.39 is 0 Å². The van der Waals surface area contributed by atoms with Gasteiger partial charge in [-0.25, -0.2) is 0 Å². The van der Waals surface area contributed by atoms with Gasteiger partial charge in [0.25, 0.3) is 0 Å². The molecule has 3 N–H and O–H groups in total. The van der Waals surface area contributed by atoms with Crippen molar-refractivity contribution >= 4 is 10.9 Å². The molecule has 0 fully saturated rings. The molecule has 0 saturated heterocycles. The second-order valence-corrected chi connectivity index (χ2v) is 8.17. The summed E-state index contributed by atoms with van der Waals surface area (Å²) >= 11 is 0. The molecule has 1 aliphatic carbocycles. The number of H-pyrrole nitrogens is 1. The summed E-state index contributed by atoms with van der Waals surface area (Å²) in [5.41, 5.74) is 5.65. The Bertz CT molecular complexity index is 684. The van der Waals surface area contributed by atoms with Gasteiger partial charge in [0.2, 0.25) is 0 Å². The molecule has 2 atom stereocenters. The van der Waals surface area contributed by atoms with Crippen molar-refractivity contribution in [2.75, 3.05) is 6.54 Å². The van der Waals surface area contributed by atoms with Gasteiger partial charge in [0.05, 0.1) is 6.10 Å². The van der Waals surface area contributed by atoms with Crippen LogP contribution in [0.25, 0.3) is 10.9 Å². The summed E-state index contributed by atoms with van der Waals surface area (Å²) in [5.74, 6) is 0. The van der Waals surface area contributed by atoms with Gasteiger partial charge in [-0.3, -0.25) is 0 Å². The van der Waals surface area contributed by atoms with Gasteiger partial charge in [0.1, 0.15) is 0 Å². The molecule has 23 heavy (non-hydrogen) atoms. The number of rotatable bonds is 5. The highest BCUT2D eigenvalue weighted by Crippen LogP contribution is 2.30. The zero-order chi connectivity index (χ0) is 16.6. The number of aliphatic hydroxyl groups excluding tert-OH is 1. The van der Waals surface area contributed by atoms with Crippen molar-refractivity contribution in [1.29, 1.82) is 0 Å². The molecule has 3 rings (SSSR count). The van der Waals surface area contributed by atoms with Gasteiger partial charge in [-0.15, -0.1) is 0 Å².